The highest BCUT2D eigenvalue weighted by Gasteiger charge is 2.37. The first kappa shape index (κ1) is 25.0. The molecule has 4 N–H and O–H groups in total. The van der Waals surface area contributed by atoms with Crippen molar-refractivity contribution in [2.45, 2.75) is 57.5 Å². The fraction of sp³-hybridized carbons (Fsp3) is 0.500. The predicted molar refractivity (Wildman–Crippen MR) is 137 cm³/mol. The van der Waals surface area contributed by atoms with Gasteiger partial charge in [0.05, 0.1) is 16.9 Å². The van der Waals surface area contributed by atoms with E-state index in [0.717, 1.165) is 12.8 Å². The number of benzene rings is 1. The van der Waals surface area contributed by atoms with Crippen LogP contribution in [0.4, 0.5) is 22.0 Å². The van der Waals surface area contributed by atoms with E-state index in [0.29, 0.717) is 62.0 Å². The number of imidazole rings is 1. The number of aromatic nitrogens is 4. The van der Waals surface area contributed by atoms with Crippen LogP contribution in [-0.2, 0) is 9.53 Å². The number of nitrogens with zero attached hydrogens (tertiary/aromatic N) is 4. The Kier molecular flexibility index (Phi) is 6.93. The molecule has 0 radical (unpaired) electrons. The summed E-state index contributed by atoms with van der Waals surface area (Å²) in [5.74, 6) is -0.00649. The molecular formula is C24H28Cl2FN7O2. The van der Waals surface area contributed by atoms with Gasteiger partial charge in [0, 0.05) is 35.7 Å². The number of halogens is 3. The predicted octanol–water partition coefficient (Wildman–Crippen LogP) is 5.21. The van der Waals surface area contributed by atoms with Crippen molar-refractivity contribution in [1.29, 1.82) is 0 Å². The molecule has 0 unspecified atom stereocenters. The molecule has 0 spiro atoms. The maximum Gasteiger partial charge on any atom is 0.224 e. The van der Waals surface area contributed by atoms with Crippen LogP contribution in [0.3, 0.4) is 0 Å². The first-order valence-corrected chi connectivity index (χ1v) is 12.8. The average Bonchev–Trinajstić information content (AvgIpc) is 3.20. The summed E-state index contributed by atoms with van der Waals surface area (Å²) in [6, 6.07) is 2.84. The number of amides is 1. The number of fused-ring (bicyclic) bond motifs is 1. The third-order valence-electron chi connectivity index (χ3n) is 7.25. The lowest BCUT2D eigenvalue weighted by Gasteiger charge is -2.35. The number of nitrogens with one attached hydrogen (secondary N) is 2. The zero-order chi connectivity index (χ0) is 25.4. The van der Waals surface area contributed by atoms with Crippen LogP contribution in [0.5, 0.6) is 0 Å². The molecule has 2 aromatic heterocycles. The van der Waals surface area contributed by atoms with Crippen molar-refractivity contribution < 1.29 is 13.9 Å². The lowest BCUT2D eigenvalue weighted by atomic mass is 9.73. The van der Waals surface area contributed by atoms with E-state index in [1.807, 2.05) is 11.5 Å². The average molecular weight is 536 g/mol. The van der Waals surface area contributed by atoms with Crippen LogP contribution < -0.4 is 16.4 Å². The Morgan fingerprint density at radius 2 is 1.92 bits per heavy atom. The van der Waals surface area contributed by atoms with Crippen LogP contribution >= 0.6 is 23.2 Å². The van der Waals surface area contributed by atoms with E-state index in [1.165, 1.54) is 12.1 Å². The van der Waals surface area contributed by atoms with E-state index in [4.69, 9.17) is 38.7 Å². The first-order chi connectivity index (χ1) is 17.2. The molecule has 1 amide bonds. The largest absolute Gasteiger partial charge is 0.381 e. The van der Waals surface area contributed by atoms with Crippen molar-refractivity contribution in [2.24, 2.45) is 11.1 Å². The van der Waals surface area contributed by atoms with Gasteiger partial charge in [-0.2, -0.15) is 4.98 Å². The molecule has 2 aliphatic rings. The lowest BCUT2D eigenvalue weighted by Crippen LogP contribution is -2.38. The van der Waals surface area contributed by atoms with Crippen molar-refractivity contribution in [3.05, 3.63) is 34.2 Å². The second-order valence-corrected chi connectivity index (χ2v) is 10.6. The molecule has 192 valence electrons. The molecule has 9 nitrogen and oxygen atoms in total. The van der Waals surface area contributed by atoms with E-state index < -0.39 is 11.2 Å². The van der Waals surface area contributed by atoms with Crippen LogP contribution in [0.15, 0.2) is 18.3 Å². The number of primary amides is 1. The Morgan fingerprint density at radius 1 is 1.19 bits per heavy atom. The fourth-order valence-corrected chi connectivity index (χ4v) is 5.45. The summed E-state index contributed by atoms with van der Waals surface area (Å²) in [7, 11) is 0. The summed E-state index contributed by atoms with van der Waals surface area (Å²) < 4.78 is 22.2. The Balaban J connectivity index is 1.53. The summed E-state index contributed by atoms with van der Waals surface area (Å²) >= 11 is 12.3. The SMILES string of the molecule is C[C@]1(C(N)=O)CC[C@@H](n2c(Nc3c(F)cc(Cl)cc3Cl)nc3cnc(NC4CCOCC4)nc32)CC1. The number of hydrogen-bond donors (Lipinski definition) is 3. The Labute approximate surface area is 217 Å². The van der Waals surface area contributed by atoms with Crippen molar-refractivity contribution in [2.75, 3.05) is 23.8 Å². The molecule has 1 aliphatic carbocycles. The molecule has 1 aromatic carbocycles. The quantitative estimate of drug-likeness (QED) is 0.396. The molecule has 2 fully saturated rings. The van der Waals surface area contributed by atoms with E-state index >= 15 is 0 Å². The van der Waals surface area contributed by atoms with E-state index in [1.54, 1.807) is 6.20 Å². The second-order valence-electron chi connectivity index (χ2n) is 9.76. The smallest absolute Gasteiger partial charge is 0.224 e. The Bertz CT molecular complexity index is 1260. The molecule has 0 bridgehead atoms. The molecule has 3 aromatic rings. The molecule has 0 atom stereocenters. The maximum atomic E-state index is 14.8. The molecular weight excluding hydrogens is 508 g/mol. The van der Waals surface area contributed by atoms with Gasteiger partial charge in [-0.15, -0.1) is 0 Å². The van der Waals surface area contributed by atoms with E-state index in [9.17, 15) is 9.18 Å². The maximum absolute atomic E-state index is 14.8. The standard InChI is InChI=1S/C24H28Cl2FN7O2/c1-24(21(28)35)6-2-15(3-7-24)34-20-18(12-29-22(33-20)30-14-4-8-36-9-5-14)31-23(34)32-19-16(26)10-13(25)11-17(19)27/h10-12,14-15H,2-9H2,1H3,(H2,28,35)(H,31,32)(H,29,30,33)/t15-,24+. The zero-order valence-electron chi connectivity index (χ0n) is 19.9. The van der Waals surface area contributed by atoms with Gasteiger partial charge in [0.1, 0.15) is 11.3 Å². The summed E-state index contributed by atoms with van der Waals surface area (Å²) in [5.41, 5.74) is 6.35. The third-order valence-corrected chi connectivity index (χ3v) is 7.77. The molecule has 1 aliphatic heterocycles. The monoisotopic (exact) mass is 535 g/mol. The molecule has 1 saturated carbocycles. The number of ether oxygens (including phenoxy) is 1. The minimum Gasteiger partial charge on any atom is -0.381 e. The van der Waals surface area contributed by atoms with E-state index in [-0.39, 0.29) is 33.7 Å². The van der Waals surface area contributed by atoms with Gasteiger partial charge in [0.2, 0.25) is 17.8 Å². The Morgan fingerprint density at radius 3 is 2.58 bits per heavy atom. The highest BCUT2D eigenvalue weighted by Crippen LogP contribution is 2.43. The van der Waals surface area contributed by atoms with Crippen molar-refractivity contribution in [3.8, 4) is 0 Å². The number of nitrogens with two attached hydrogens (primary N) is 1. The van der Waals surface area contributed by atoms with Gasteiger partial charge >= 0.3 is 0 Å². The third kappa shape index (κ3) is 4.94. The summed E-state index contributed by atoms with van der Waals surface area (Å²) in [4.78, 5) is 25.9. The summed E-state index contributed by atoms with van der Waals surface area (Å²) in [5, 5.41) is 6.79. The van der Waals surface area contributed by atoms with Crippen LogP contribution in [0.1, 0.15) is 51.5 Å². The fourth-order valence-electron chi connectivity index (χ4n) is 4.94. The van der Waals surface area contributed by atoms with Crippen molar-refractivity contribution in [3.63, 3.8) is 0 Å². The minimum atomic E-state index is -0.594. The van der Waals surface area contributed by atoms with Crippen LogP contribution in [0.25, 0.3) is 11.2 Å². The van der Waals surface area contributed by atoms with Crippen LogP contribution in [0, 0.1) is 11.2 Å². The summed E-state index contributed by atoms with van der Waals surface area (Å²) in [6.07, 6.45) is 6.02. The van der Waals surface area contributed by atoms with E-state index in [2.05, 4.69) is 20.6 Å². The highest BCUT2D eigenvalue weighted by atomic mass is 35.5. The van der Waals surface area contributed by atoms with Crippen molar-refractivity contribution >= 4 is 57.9 Å². The van der Waals surface area contributed by atoms with Gasteiger partial charge in [-0.3, -0.25) is 9.36 Å². The Hall–Kier alpha value is -2.69. The summed E-state index contributed by atoms with van der Waals surface area (Å²) in [6.45, 7) is 3.29. The lowest BCUT2D eigenvalue weighted by molar-refractivity contribution is -0.128. The molecule has 3 heterocycles. The minimum absolute atomic E-state index is 0.0371. The highest BCUT2D eigenvalue weighted by molar-refractivity contribution is 6.36. The number of carbonyl (C=O) groups excluding carboxylic acids is 1. The molecule has 36 heavy (non-hydrogen) atoms. The topological polar surface area (TPSA) is 120 Å². The molecule has 12 heteroatoms. The number of rotatable bonds is 6. The van der Waals surface area contributed by atoms with Crippen LogP contribution in [-0.4, -0.2) is 44.7 Å². The van der Waals surface area contributed by atoms with Gasteiger partial charge in [0.15, 0.2) is 5.65 Å². The van der Waals surface area contributed by atoms with Gasteiger partial charge < -0.3 is 21.1 Å². The van der Waals surface area contributed by atoms with Crippen molar-refractivity contribution in [1.82, 2.24) is 19.5 Å². The van der Waals surface area contributed by atoms with Gasteiger partial charge in [-0.25, -0.2) is 14.4 Å². The molecule has 1 saturated heterocycles. The van der Waals surface area contributed by atoms with Gasteiger partial charge in [-0.1, -0.05) is 30.1 Å². The molecule has 5 rings (SSSR count). The normalized spacial score (nSPS) is 23.1. The van der Waals surface area contributed by atoms with Gasteiger partial charge in [0.25, 0.3) is 0 Å². The zero-order valence-corrected chi connectivity index (χ0v) is 21.4. The number of carbonyl (C=O) groups is 1. The first-order valence-electron chi connectivity index (χ1n) is 12.0. The number of anilines is 3. The van der Waals surface area contributed by atoms with Gasteiger partial charge in [-0.05, 0) is 50.7 Å². The van der Waals surface area contributed by atoms with Crippen LogP contribution in [0.2, 0.25) is 10.0 Å². The number of hydrogen-bond acceptors (Lipinski definition) is 7. The second kappa shape index (κ2) is 9.99.